The van der Waals surface area contributed by atoms with Gasteiger partial charge in [-0.2, -0.15) is 0 Å². The van der Waals surface area contributed by atoms with Gasteiger partial charge in [-0.05, 0) is 37.3 Å². The van der Waals surface area contributed by atoms with E-state index in [0.717, 1.165) is 37.3 Å². The number of hydrogen-bond donors (Lipinski definition) is 1. The minimum Gasteiger partial charge on any atom is -0.429 e. The number of hydrogen-bond acceptors (Lipinski definition) is 3. The zero-order chi connectivity index (χ0) is 11.1. The summed E-state index contributed by atoms with van der Waals surface area (Å²) in [5.74, 6) is 1.00. The summed E-state index contributed by atoms with van der Waals surface area (Å²) >= 11 is 5.97. The molecule has 3 nitrogen and oxygen atoms in total. The Morgan fingerprint density at radius 1 is 1.53 bits per heavy atom. The third-order valence-electron chi connectivity index (χ3n) is 2.91. The molecule has 2 N–H and O–H groups in total. The molecule has 0 unspecified atom stereocenters. The molecule has 1 aliphatic carbocycles. The van der Waals surface area contributed by atoms with Gasteiger partial charge in [0.05, 0.1) is 5.69 Å². The van der Waals surface area contributed by atoms with Crippen LogP contribution in [0.3, 0.4) is 0 Å². The first-order chi connectivity index (χ1) is 7.00. The first-order valence-corrected chi connectivity index (χ1v) is 5.82. The molecule has 2 rings (SSSR count). The second-order valence-electron chi connectivity index (χ2n) is 4.79. The summed E-state index contributed by atoms with van der Waals surface area (Å²) in [6.07, 6.45) is 4.03. The van der Waals surface area contributed by atoms with Crippen molar-refractivity contribution in [3.8, 4) is 0 Å². The highest BCUT2D eigenvalue weighted by Crippen LogP contribution is 2.37. The van der Waals surface area contributed by atoms with Gasteiger partial charge in [-0.1, -0.05) is 13.8 Å². The predicted molar refractivity (Wildman–Crippen MR) is 60.1 cm³/mol. The first-order valence-electron chi connectivity index (χ1n) is 5.44. The highest BCUT2D eigenvalue weighted by molar-refractivity contribution is 6.29. The van der Waals surface area contributed by atoms with Crippen molar-refractivity contribution in [2.75, 3.05) is 0 Å². The monoisotopic (exact) mass is 228 g/mol. The lowest BCUT2D eigenvalue weighted by atomic mass is 10.1. The Morgan fingerprint density at radius 3 is 2.67 bits per heavy atom. The summed E-state index contributed by atoms with van der Waals surface area (Å²) in [5.41, 5.74) is 6.92. The maximum absolute atomic E-state index is 6.01. The van der Waals surface area contributed by atoms with E-state index in [9.17, 15) is 0 Å². The minimum absolute atomic E-state index is 0.0558. The number of rotatable bonds is 4. The third kappa shape index (κ3) is 2.52. The van der Waals surface area contributed by atoms with E-state index in [1.165, 1.54) is 0 Å². The highest BCUT2D eigenvalue weighted by atomic mass is 35.5. The van der Waals surface area contributed by atoms with Crippen LogP contribution in [0, 0.1) is 0 Å². The van der Waals surface area contributed by atoms with Crippen LogP contribution in [0.2, 0.25) is 5.22 Å². The molecule has 15 heavy (non-hydrogen) atoms. The van der Waals surface area contributed by atoms with Gasteiger partial charge in [0.2, 0.25) is 5.22 Å². The lowest BCUT2D eigenvalue weighted by molar-refractivity contribution is 0.472. The van der Waals surface area contributed by atoms with Gasteiger partial charge in [0, 0.05) is 11.5 Å². The van der Waals surface area contributed by atoms with Crippen LogP contribution in [0.4, 0.5) is 0 Å². The molecule has 1 heterocycles. The average molecular weight is 229 g/mol. The number of aromatic nitrogens is 1. The molecule has 0 atom stereocenters. The van der Waals surface area contributed by atoms with Crippen LogP contribution in [0.1, 0.15) is 50.6 Å². The summed E-state index contributed by atoms with van der Waals surface area (Å²) in [7, 11) is 0. The van der Waals surface area contributed by atoms with Crippen LogP contribution in [0.15, 0.2) is 4.42 Å². The standard InChI is InChI=1S/C11H17ClN2O/c1-7(2)10-14-8(9(12)15-10)3-4-11(13)5-6-11/h7H,3-6,13H2,1-2H3. The second kappa shape index (κ2) is 3.80. The van der Waals surface area contributed by atoms with Gasteiger partial charge in [0.15, 0.2) is 5.89 Å². The van der Waals surface area contributed by atoms with E-state index >= 15 is 0 Å². The SMILES string of the molecule is CC(C)c1nc(CCC2(N)CC2)c(Cl)o1. The Labute approximate surface area is 95.0 Å². The summed E-state index contributed by atoms with van der Waals surface area (Å²) in [5, 5.41) is 0.433. The average Bonchev–Trinajstić information content (AvgIpc) is 2.76. The number of nitrogens with zero attached hydrogens (tertiary/aromatic N) is 1. The van der Waals surface area contributed by atoms with Crippen molar-refractivity contribution in [2.45, 2.75) is 51.0 Å². The van der Waals surface area contributed by atoms with Crippen LogP contribution in [0.5, 0.6) is 0 Å². The lowest BCUT2D eigenvalue weighted by Crippen LogP contribution is -2.22. The van der Waals surface area contributed by atoms with E-state index in [1.54, 1.807) is 0 Å². The molecule has 0 aromatic carbocycles. The lowest BCUT2D eigenvalue weighted by Gasteiger charge is -2.05. The summed E-state index contributed by atoms with van der Waals surface area (Å²) in [4.78, 5) is 4.39. The predicted octanol–water partition coefficient (Wildman–Crippen LogP) is 2.88. The fraction of sp³-hybridized carbons (Fsp3) is 0.727. The molecule has 0 amide bonds. The van der Waals surface area contributed by atoms with Gasteiger partial charge in [-0.25, -0.2) is 4.98 Å². The zero-order valence-corrected chi connectivity index (χ0v) is 9.97. The molecule has 4 heteroatoms. The van der Waals surface area contributed by atoms with Crippen molar-refractivity contribution in [3.63, 3.8) is 0 Å². The van der Waals surface area contributed by atoms with Crippen LogP contribution in [-0.2, 0) is 6.42 Å². The largest absolute Gasteiger partial charge is 0.429 e. The molecule has 1 aromatic heterocycles. The smallest absolute Gasteiger partial charge is 0.217 e. The van der Waals surface area contributed by atoms with Crippen molar-refractivity contribution in [3.05, 3.63) is 16.8 Å². The summed E-state index contributed by atoms with van der Waals surface area (Å²) in [6.45, 7) is 4.08. The van der Waals surface area contributed by atoms with E-state index in [0.29, 0.717) is 5.22 Å². The number of aryl methyl sites for hydroxylation is 1. The van der Waals surface area contributed by atoms with Crippen LogP contribution >= 0.6 is 11.6 Å². The molecule has 1 aliphatic rings. The molecule has 0 saturated heterocycles. The van der Waals surface area contributed by atoms with Gasteiger partial charge >= 0.3 is 0 Å². The first kappa shape index (κ1) is 11.0. The van der Waals surface area contributed by atoms with Gasteiger partial charge in [-0.3, -0.25) is 0 Å². The van der Waals surface area contributed by atoms with Crippen molar-refractivity contribution in [1.29, 1.82) is 0 Å². The Morgan fingerprint density at radius 2 is 2.20 bits per heavy atom. The third-order valence-corrected chi connectivity index (χ3v) is 3.21. The molecule has 0 spiro atoms. The number of oxazole rings is 1. The van der Waals surface area contributed by atoms with Gasteiger partial charge in [-0.15, -0.1) is 0 Å². The summed E-state index contributed by atoms with van der Waals surface area (Å²) in [6, 6.07) is 0. The normalized spacial score (nSPS) is 18.5. The van der Waals surface area contributed by atoms with E-state index in [2.05, 4.69) is 4.98 Å². The molecule has 0 bridgehead atoms. The Hall–Kier alpha value is -0.540. The topological polar surface area (TPSA) is 52.0 Å². The Kier molecular flexibility index (Phi) is 2.77. The quantitative estimate of drug-likeness (QED) is 0.862. The molecule has 84 valence electrons. The van der Waals surface area contributed by atoms with Gasteiger partial charge in [0.25, 0.3) is 0 Å². The van der Waals surface area contributed by atoms with Crippen LogP contribution in [0.25, 0.3) is 0 Å². The van der Waals surface area contributed by atoms with Gasteiger partial charge in [0.1, 0.15) is 0 Å². The van der Waals surface area contributed by atoms with Crippen molar-refractivity contribution < 1.29 is 4.42 Å². The molecular formula is C11H17ClN2O. The molecule has 1 saturated carbocycles. The number of nitrogens with two attached hydrogens (primary N) is 1. The van der Waals surface area contributed by atoms with Crippen LogP contribution in [-0.4, -0.2) is 10.5 Å². The molecule has 1 fully saturated rings. The molecule has 0 radical (unpaired) electrons. The number of halogens is 1. The van der Waals surface area contributed by atoms with Crippen molar-refractivity contribution in [1.82, 2.24) is 4.98 Å². The Bertz CT molecular complexity index is 355. The molecule has 0 aliphatic heterocycles. The van der Waals surface area contributed by atoms with E-state index in [1.807, 2.05) is 13.8 Å². The maximum atomic E-state index is 6.01. The van der Waals surface area contributed by atoms with E-state index in [-0.39, 0.29) is 11.5 Å². The zero-order valence-electron chi connectivity index (χ0n) is 9.22. The minimum atomic E-state index is 0.0558. The van der Waals surface area contributed by atoms with Crippen molar-refractivity contribution >= 4 is 11.6 Å². The summed E-state index contributed by atoms with van der Waals surface area (Å²) < 4.78 is 5.38. The molecular weight excluding hydrogens is 212 g/mol. The molecule has 1 aromatic rings. The van der Waals surface area contributed by atoms with Crippen LogP contribution < -0.4 is 5.73 Å². The fourth-order valence-electron chi connectivity index (χ4n) is 1.53. The van der Waals surface area contributed by atoms with Gasteiger partial charge < -0.3 is 10.2 Å². The van der Waals surface area contributed by atoms with Crippen molar-refractivity contribution in [2.24, 2.45) is 5.73 Å². The fourth-order valence-corrected chi connectivity index (χ4v) is 1.75. The Balaban J connectivity index is 2.01. The van der Waals surface area contributed by atoms with E-state index < -0.39 is 0 Å². The highest BCUT2D eigenvalue weighted by Gasteiger charge is 2.37. The second-order valence-corrected chi connectivity index (χ2v) is 5.13. The van der Waals surface area contributed by atoms with E-state index in [4.69, 9.17) is 21.8 Å². The maximum Gasteiger partial charge on any atom is 0.217 e.